The number of methoxy groups -OCH3 is 1. The molecule has 2 rings (SSSR count). The van der Waals surface area contributed by atoms with E-state index < -0.39 is 0 Å². The van der Waals surface area contributed by atoms with E-state index in [0.29, 0.717) is 22.8 Å². The van der Waals surface area contributed by atoms with Crippen LogP contribution in [-0.4, -0.2) is 17.1 Å². The summed E-state index contributed by atoms with van der Waals surface area (Å²) in [7, 11) is 1.52. The number of nitriles is 1. The largest absolute Gasteiger partial charge is 0.495 e. The summed E-state index contributed by atoms with van der Waals surface area (Å²) in [6.45, 7) is 0. The van der Waals surface area contributed by atoms with Gasteiger partial charge in [-0.15, -0.1) is 0 Å². The number of anilines is 3. The molecule has 0 saturated carbocycles. The third kappa shape index (κ3) is 2.84. The number of aromatic nitrogens is 2. The molecule has 0 aliphatic heterocycles. The van der Waals surface area contributed by atoms with E-state index in [9.17, 15) is 0 Å². The molecule has 0 amide bonds. The van der Waals surface area contributed by atoms with Crippen LogP contribution in [0, 0.1) is 11.3 Å². The molecular formula is C12H10ClN5O. The smallest absolute Gasteiger partial charge is 0.223 e. The number of hydrogen-bond acceptors (Lipinski definition) is 6. The summed E-state index contributed by atoms with van der Waals surface area (Å²) in [6.07, 6.45) is 0. The third-order valence-corrected chi connectivity index (χ3v) is 2.53. The number of nitrogens with zero attached hydrogens (tertiary/aromatic N) is 3. The van der Waals surface area contributed by atoms with Gasteiger partial charge in [0.05, 0.1) is 12.7 Å². The zero-order valence-corrected chi connectivity index (χ0v) is 10.8. The summed E-state index contributed by atoms with van der Waals surface area (Å²) in [5.41, 5.74) is 6.44. The fourth-order valence-electron chi connectivity index (χ4n) is 1.55. The lowest BCUT2D eigenvalue weighted by Gasteiger charge is -2.12. The van der Waals surface area contributed by atoms with Gasteiger partial charge >= 0.3 is 0 Å². The first-order valence-corrected chi connectivity index (χ1v) is 5.66. The van der Waals surface area contributed by atoms with Gasteiger partial charge < -0.3 is 15.8 Å². The van der Waals surface area contributed by atoms with Crippen LogP contribution in [0.4, 0.5) is 17.5 Å². The van der Waals surface area contributed by atoms with E-state index in [1.807, 2.05) is 0 Å². The van der Waals surface area contributed by atoms with E-state index in [2.05, 4.69) is 21.4 Å². The highest BCUT2D eigenvalue weighted by Crippen LogP contribution is 2.30. The number of nitrogens with one attached hydrogen (secondary N) is 1. The van der Waals surface area contributed by atoms with Crippen molar-refractivity contribution >= 4 is 29.1 Å². The topological polar surface area (TPSA) is 96.8 Å². The lowest BCUT2D eigenvalue weighted by Crippen LogP contribution is -2.02. The van der Waals surface area contributed by atoms with E-state index >= 15 is 0 Å². The maximum absolute atomic E-state index is 9.10. The monoisotopic (exact) mass is 275 g/mol. The number of ether oxygens (including phenoxy) is 1. The van der Waals surface area contributed by atoms with Crippen LogP contribution in [0.3, 0.4) is 0 Å². The minimum atomic E-state index is 0.0448. The van der Waals surface area contributed by atoms with E-state index in [-0.39, 0.29) is 11.1 Å². The second-order valence-corrected chi connectivity index (χ2v) is 3.94. The van der Waals surface area contributed by atoms with Crippen molar-refractivity contribution in [3.63, 3.8) is 0 Å². The van der Waals surface area contributed by atoms with Crippen LogP contribution in [0.1, 0.15) is 5.56 Å². The predicted octanol–water partition coefficient (Wildman–Crippen LogP) is 2.34. The molecule has 1 heterocycles. The van der Waals surface area contributed by atoms with E-state index in [0.717, 1.165) is 0 Å². The number of halogens is 1. The Balaban J connectivity index is 2.45. The van der Waals surface area contributed by atoms with Gasteiger partial charge in [0.25, 0.3) is 0 Å². The van der Waals surface area contributed by atoms with Gasteiger partial charge in [0.1, 0.15) is 28.5 Å². The van der Waals surface area contributed by atoms with Crippen LogP contribution in [0.2, 0.25) is 5.15 Å². The van der Waals surface area contributed by atoms with Crippen LogP contribution in [0.25, 0.3) is 0 Å². The van der Waals surface area contributed by atoms with Crippen LogP contribution in [-0.2, 0) is 0 Å². The average molecular weight is 276 g/mol. The summed E-state index contributed by atoms with van der Waals surface area (Å²) >= 11 is 5.80. The van der Waals surface area contributed by atoms with Gasteiger partial charge in [-0.25, -0.2) is 4.98 Å². The summed E-state index contributed by atoms with van der Waals surface area (Å²) < 4.78 is 5.20. The molecule has 0 unspecified atom stereocenters. The lowest BCUT2D eigenvalue weighted by molar-refractivity contribution is 0.416. The first-order chi connectivity index (χ1) is 9.13. The van der Waals surface area contributed by atoms with Gasteiger partial charge in [-0.1, -0.05) is 17.7 Å². The van der Waals surface area contributed by atoms with Crippen molar-refractivity contribution in [3.8, 4) is 11.8 Å². The number of nitrogens with two attached hydrogens (primary N) is 1. The third-order valence-electron chi connectivity index (χ3n) is 2.33. The summed E-state index contributed by atoms with van der Waals surface area (Å²) in [5, 5.41) is 12.3. The molecule has 1 aromatic heterocycles. The highest BCUT2D eigenvalue weighted by Gasteiger charge is 2.10. The van der Waals surface area contributed by atoms with Crippen LogP contribution >= 0.6 is 11.6 Å². The van der Waals surface area contributed by atoms with Crippen molar-refractivity contribution in [2.45, 2.75) is 0 Å². The molecule has 6 nitrogen and oxygen atoms in total. The number of para-hydroxylation sites is 1. The number of benzene rings is 1. The lowest BCUT2D eigenvalue weighted by atomic mass is 10.2. The Kier molecular flexibility index (Phi) is 3.68. The maximum Gasteiger partial charge on any atom is 0.223 e. The van der Waals surface area contributed by atoms with Gasteiger partial charge in [0.15, 0.2) is 0 Å². The molecule has 96 valence electrons. The first kappa shape index (κ1) is 12.9. The molecule has 0 fully saturated rings. The number of hydrogen-bond donors (Lipinski definition) is 2. The number of nitrogen functional groups attached to an aromatic ring is 1. The Morgan fingerprint density at radius 3 is 2.84 bits per heavy atom. The van der Waals surface area contributed by atoms with Gasteiger partial charge in [0, 0.05) is 6.07 Å². The SMILES string of the molecule is COc1cccc(C#N)c1Nc1cc(Cl)nc(N)n1. The average Bonchev–Trinajstić information content (AvgIpc) is 2.37. The standard InChI is InChI=1S/C12H10ClN5O/c1-19-8-4-2-3-7(6-14)11(8)17-10-5-9(13)16-12(15)18-10/h2-5H,1H3,(H3,15,16,17,18). The van der Waals surface area contributed by atoms with Crippen LogP contribution < -0.4 is 15.8 Å². The number of rotatable bonds is 3. The van der Waals surface area contributed by atoms with Crippen molar-refractivity contribution in [1.29, 1.82) is 5.26 Å². The van der Waals surface area contributed by atoms with Crippen molar-refractivity contribution in [3.05, 3.63) is 35.0 Å². The fraction of sp³-hybridized carbons (Fsp3) is 0.0833. The van der Waals surface area contributed by atoms with Crippen LogP contribution in [0.15, 0.2) is 24.3 Å². The minimum absolute atomic E-state index is 0.0448. The highest BCUT2D eigenvalue weighted by molar-refractivity contribution is 6.29. The first-order valence-electron chi connectivity index (χ1n) is 5.28. The van der Waals surface area contributed by atoms with Crippen molar-refractivity contribution in [2.75, 3.05) is 18.2 Å². The van der Waals surface area contributed by atoms with Crippen LogP contribution in [0.5, 0.6) is 5.75 Å². The fourth-order valence-corrected chi connectivity index (χ4v) is 1.74. The quantitative estimate of drug-likeness (QED) is 0.835. The van der Waals surface area contributed by atoms with Gasteiger partial charge in [-0.3, -0.25) is 0 Å². The zero-order chi connectivity index (χ0) is 13.8. The Labute approximate surface area is 114 Å². The van der Waals surface area contributed by atoms with Gasteiger partial charge in [-0.05, 0) is 12.1 Å². The molecule has 0 saturated heterocycles. The molecule has 7 heteroatoms. The maximum atomic E-state index is 9.10. The predicted molar refractivity (Wildman–Crippen MR) is 72.4 cm³/mol. The molecule has 0 spiro atoms. The molecule has 3 N–H and O–H groups in total. The van der Waals surface area contributed by atoms with Crippen molar-refractivity contribution in [1.82, 2.24) is 9.97 Å². The normalized spacial score (nSPS) is 9.74. The molecule has 0 atom stereocenters. The summed E-state index contributed by atoms with van der Waals surface area (Å²) in [6, 6.07) is 8.70. The molecule has 0 aliphatic rings. The Morgan fingerprint density at radius 1 is 1.42 bits per heavy atom. The van der Waals surface area contributed by atoms with Gasteiger partial charge in [0.2, 0.25) is 5.95 Å². The Bertz CT molecular complexity index is 633. The molecule has 0 aliphatic carbocycles. The molecule has 2 aromatic rings. The molecule has 0 bridgehead atoms. The van der Waals surface area contributed by atoms with Gasteiger partial charge in [-0.2, -0.15) is 10.2 Å². The molecule has 0 radical (unpaired) electrons. The molecular weight excluding hydrogens is 266 g/mol. The second-order valence-electron chi connectivity index (χ2n) is 3.55. The zero-order valence-electron chi connectivity index (χ0n) is 10.0. The minimum Gasteiger partial charge on any atom is -0.495 e. The van der Waals surface area contributed by atoms with E-state index in [4.69, 9.17) is 27.3 Å². The summed E-state index contributed by atoms with van der Waals surface area (Å²) in [5.74, 6) is 0.953. The second kappa shape index (κ2) is 5.42. The molecule has 19 heavy (non-hydrogen) atoms. The Hall–Kier alpha value is -2.52. The summed E-state index contributed by atoms with van der Waals surface area (Å²) in [4.78, 5) is 7.74. The molecule has 1 aromatic carbocycles. The van der Waals surface area contributed by atoms with E-state index in [1.165, 1.54) is 13.2 Å². The Morgan fingerprint density at radius 2 is 2.21 bits per heavy atom. The van der Waals surface area contributed by atoms with Crippen molar-refractivity contribution < 1.29 is 4.74 Å². The van der Waals surface area contributed by atoms with E-state index in [1.54, 1.807) is 18.2 Å². The van der Waals surface area contributed by atoms with Crippen molar-refractivity contribution in [2.24, 2.45) is 0 Å². The highest BCUT2D eigenvalue weighted by atomic mass is 35.5.